The van der Waals surface area contributed by atoms with Gasteiger partial charge in [-0.25, -0.2) is 4.98 Å². The summed E-state index contributed by atoms with van der Waals surface area (Å²) in [6, 6.07) is 11.1. The van der Waals surface area contributed by atoms with E-state index in [1.807, 2.05) is 25.1 Å². The van der Waals surface area contributed by atoms with Gasteiger partial charge in [0, 0.05) is 53.3 Å². The largest absolute Gasteiger partial charge is 0.330 e. The third kappa shape index (κ3) is 3.73. The minimum atomic E-state index is -0.289. The summed E-state index contributed by atoms with van der Waals surface area (Å²) in [6.45, 7) is 1.98. The van der Waals surface area contributed by atoms with Gasteiger partial charge in [-0.3, -0.25) is 14.6 Å². The van der Waals surface area contributed by atoms with Gasteiger partial charge in [-0.2, -0.15) is 19.6 Å². The lowest BCUT2D eigenvalue weighted by atomic mass is 10.2. The van der Waals surface area contributed by atoms with E-state index in [0.29, 0.717) is 22.5 Å². The lowest BCUT2D eigenvalue weighted by molar-refractivity contribution is 0.101. The molecular weight excluding hydrogens is 414 g/mol. The average molecular weight is 431 g/mol. The third-order valence-electron chi connectivity index (χ3n) is 4.74. The quantitative estimate of drug-likeness (QED) is 0.389. The van der Waals surface area contributed by atoms with Crippen LogP contribution in [0.25, 0.3) is 22.3 Å². The Hall–Kier alpha value is -4.12. The first-order chi connectivity index (χ1) is 15.1. The fourth-order valence-electron chi connectivity index (χ4n) is 3.15. The van der Waals surface area contributed by atoms with Crippen LogP contribution in [0.5, 0.6) is 0 Å². The van der Waals surface area contributed by atoms with Crippen molar-refractivity contribution in [3.8, 4) is 11.4 Å². The molecule has 0 spiro atoms. The number of fused-ring (bicyclic) bond motifs is 1. The van der Waals surface area contributed by atoms with Crippen molar-refractivity contribution in [2.24, 2.45) is 7.05 Å². The molecule has 1 amide bonds. The van der Waals surface area contributed by atoms with Crippen LogP contribution in [0.4, 0.5) is 16.6 Å². The molecule has 11 heteroatoms. The number of nitrogens with zero attached hydrogens (tertiary/aromatic N) is 6. The highest BCUT2D eigenvalue weighted by molar-refractivity contribution is 7.09. The molecule has 5 aromatic rings. The molecule has 154 valence electrons. The molecule has 3 N–H and O–H groups in total. The number of pyridine rings is 1. The summed E-state index contributed by atoms with van der Waals surface area (Å²) in [7, 11) is 1.71. The van der Waals surface area contributed by atoms with Crippen molar-refractivity contribution >= 4 is 45.0 Å². The Kier molecular flexibility index (Phi) is 4.64. The molecule has 0 aliphatic heterocycles. The highest BCUT2D eigenvalue weighted by Crippen LogP contribution is 2.27. The molecule has 0 aliphatic rings. The second-order valence-corrected chi connectivity index (χ2v) is 7.60. The van der Waals surface area contributed by atoms with Crippen LogP contribution >= 0.6 is 11.5 Å². The van der Waals surface area contributed by atoms with Crippen LogP contribution in [-0.2, 0) is 7.05 Å². The van der Waals surface area contributed by atoms with Crippen molar-refractivity contribution in [2.75, 3.05) is 10.6 Å². The number of hydrogen-bond donors (Lipinski definition) is 3. The van der Waals surface area contributed by atoms with E-state index < -0.39 is 0 Å². The molecule has 0 bridgehead atoms. The van der Waals surface area contributed by atoms with Crippen molar-refractivity contribution in [1.82, 2.24) is 34.3 Å². The molecule has 5 rings (SSSR count). The monoisotopic (exact) mass is 431 g/mol. The van der Waals surface area contributed by atoms with Crippen molar-refractivity contribution in [3.63, 3.8) is 0 Å². The highest BCUT2D eigenvalue weighted by atomic mass is 32.1. The molecule has 0 radical (unpaired) electrons. The number of anilines is 3. The topological polar surface area (TPSA) is 126 Å². The number of carbonyl (C=O) groups is 1. The van der Waals surface area contributed by atoms with Gasteiger partial charge in [0.1, 0.15) is 11.5 Å². The molecule has 10 nitrogen and oxygen atoms in total. The van der Waals surface area contributed by atoms with Gasteiger partial charge in [0.15, 0.2) is 5.82 Å². The number of rotatable bonds is 5. The lowest BCUT2D eigenvalue weighted by Crippen LogP contribution is -2.16. The molecule has 4 aromatic heterocycles. The Morgan fingerprint density at radius 1 is 1.16 bits per heavy atom. The SMILES string of the molecule is Cc1[nH]nc2ccc(Nc3nc(-c4ccnc(NC(=O)c5ccnn5C)c4)ns3)cc12. The molecule has 4 heterocycles. The molecule has 0 aliphatic carbocycles. The number of aromatic nitrogens is 7. The zero-order chi connectivity index (χ0) is 21.4. The van der Waals surface area contributed by atoms with Crippen LogP contribution in [0.2, 0.25) is 0 Å². The number of carbonyl (C=O) groups excluding carboxylic acids is 1. The summed E-state index contributed by atoms with van der Waals surface area (Å²) in [6.07, 6.45) is 3.18. The normalized spacial score (nSPS) is 11.0. The first-order valence-electron chi connectivity index (χ1n) is 9.38. The Morgan fingerprint density at radius 2 is 2.06 bits per heavy atom. The molecule has 1 aromatic carbocycles. The smallest absolute Gasteiger partial charge is 0.275 e. The highest BCUT2D eigenvalue weighted by Gasteiger charge is 2.13. The molecule has 0 unspecified atom stereocenters. The van der Waals surface area contributed by atoms with E-state index >= 15 is 0 Å². The summed E-state index contributed by atoms with van der Waals surface area (Å²) < 4.78 is 5.93. The van der Waals surface area contributed by atoms with Crippen LogP contribution in [0.1, 0.15) is 16.2 Å². The van der Waals surface area contributed by atoms with Gasteiger partial charge >= 0.3 is 0 Å². The molecular formula is C20H17N9OS. The number of nitrogens with one attached hydrogen (secondary N) is 3. The number of amides is 1. The van der Waals surface area contributed by atoms with Gasteiger partial charge in [-0.1, -0.05) is 0 Å². The van der Waals surface area contributed by atoms with Gasteiger partial charge in [0.2, 0.25) is 5.13 Å². The minimum absolute atomic E-state index is 0.289. The summed E-state index contributed by atoms with van der Waals surface area (Å²) in [5.74, 6) is 0.670. The first kappa shape index (κ1) is 18.9. The van der Waals surface area contributed by atoms with E-state index in [1.54, 1.807) is 37.6 Å². The van der Waals surface area contributed by atoms with Gasteiger partial charge in [0.25, 0.3) is 5.91 Å². The second-order valence-electron chi connectivity index (χ2n) is 6.85. The van der Waals surface area contributed by atoms with Gasteiger partial charge in [-0.05, 0) is 43.3 Å². The lowest BCUT2D eigenvalue weighted by Gasteiger charge is -2.05. The third-order valence-corrected chi connectivity index (χ3v) is 5.37. The van der Waals surface area contributed by atoms with E-state index in [-0.39, 0.29) is 5.91 Å². The van der Waals surface area contributed by atoms with Crippen molar-refractivity contribution < 1.29 is 4.79 Å². The summed E-state index contributed by atoms with van der Waals surface area (Å²) in [5, 5.41) is 19.0. The fourth-order valence-corrected chi connectivity index (χ4v) is 3.76. The van der Waals surface area contributed by atoms with E-state index in [2.05, 4.69) is 40.3 Å². The Labute approximate surface area is 180 Å². The maximum atomic E-state index is 12.4. The Bertz CT molecular complexity index is 1400. The Balaban J connectivity index is 1.34. The van der Waals surface area contributed by atoms with E-state index in [9.17, 15) is 4.79 Å². The summed E-state index contributed by atoms with van der Waals surface area (Å²) in [4.78, 5) is 21.2. The average Bonchev–Trinajstić information content (AvgIpc) is 3.49. The summed E-state index contributed by atoms with van der Waals surface area (Å²) in [5.41, 5.74) is 4.02. The van der Waals surface area contributed by atoms with Crippen LogP contribution in [0.3, 0.4) is 0 Å². The van der Waals surface area contributed by atoms with Crippen LogP contribution < -0.4 is 10.6 Å². The zero-order valence-corrected chi connectivity index (χ0v) is 17.4. The van der Waals surface area contributed by atoms with Gasteiger partial charge in [-0.15, -0.1) is 0 Å². The molecule has 0 fully saturated rings. The number of H-pyrrole nitrogens is 1. The van der Waals surface area contributed by atoms with Gasteiger partial charge in [0.05, 0.1) is 5.52 Å². The Morgan fingerprint density at radius 3 is 2.90 bits per heavy atom. The standard InChI is InChI=1S/C20H17N9OS/c1-11-14-10-13(3-4-15(14)27-26-11)23-20-25-18(28-31-20)12-5-7-21-17(9-12)24-19(30)16-6-8-22-29(16)2/h3-10H,1-2H3,(H,26,27)(H,21,24,30)(H,23,25,28). The van der Waals surface area contributed by atoms with Crippen LogP contribution in [0, 0.1) is 6.92 Å². The maximum Gasteiger partial charge on any atom is 0.275 e. The second kappa shape index (κ2) is 7.61. The summed E-state index contributed by atoms with van der Waals surface area (Å²) >= 11 is 1.26. The van der Waals surface area contributed by atoms with Gasteiger partial charge < -0.3 is 10.6 Å². The van der Waals surface area contributed by atoms with E-state index in [4.69, 9.17) is 0 Å². The predicted molar refractivity (Wildman–Crippen MR) is 118 cm³/mol. The van der Waals surface area contributed by atoms with E-state index in [0.717, 1.165) is 27.8 Å². The first-order valence-corrected chi connectivity index (χ1v) is 10.2. The zero-order valence-electron chi connectivity index (χ0n) is 16.6. The number of hydrogen-bond acceptors (Lipinski definition) is 8. The molecule has 0 saturated carbocycles. The van der Waals surface area contributed by atoms with E-state index in [1.165, 1.54) is 16.2 Å². The predicted octanol–water partition coefficient (Wildman–Crippen LogP) is 3.51. The molecule has 31 heavy (non-hydrogen) atoms. The number of benzene rings is 1. The van der Waals surface area contributed by atoms with Crippen molar-refractivity contribution in [2.45, 2.75) is 6.92 Å². The van der Waals surface area contributed by atoms with Crippen LogP contribution in [0.15, 0.2) is 48.8 Å². The molecule has 0 atom stereocenters. The number of aryl methyl sites for hydroxylation is 2. The fraction of sp³-hybridized carbons (Fsp3) is 0.100. The van der Waals surface area contributed by atoms with Crippen LogP contribution in [-0.4, -0.2) is 40.2 Å². The van der Waals surface area contributed by atoms with Crippen molar-refractivity contribution in [1.29, 1.82) is 0 Å². The molecule has 0 saturated heterocycles. The maximum absolute atomic E-state index is 12.4. The minimum Gasteiger partial charge on any atom is -0.330 e. The van der Waals surface area contributed by atoms with Crippen molar-refractivity contribution in [3.05, 3.63) is 60.2 Å². The number of aromatic amines is 1.